The van der Waals surface area contributed by atoms with E-state index in [4.69, 9.17) is 9.26 Å². The molecule has 34 heavy (non-hydrogen) atoms. The molecule has 2 aromatic carbocycles. The van der Waals surface area contributed by atoms with Crippen LogP contribution in [0.2, 0.25) is 0 Å². The lowest BCUT2D eigenvalue weighted by Gasteiger charge is -2.22. The van der Waals surface area contributed by atoms with Gasteiger partial charge in [0.2, 0.25) is 11.0 Å². The lowest BCUT2D eigenvalue weighted by atomic mass is 10.1. The number of carbonyl (C=O) groups excluding carboxylic acids is 2. The van der Waals surface area contributed by atoms with E-state index in [1.807, 2.05) is 30.3 Å². The highest BCUT2D eigenvalue weighted by atomic mass is 16.6. The number of ether oxygens (including phenoxy) is 1. The van der Waals surface area contributed by atoms with Gasteiger partial charge < -0.3 is 20.5 Å². The molecule has 4 N–H and O–H groups in total. The van der Waals surface area contributed by atoms with E-state index in [2.05, 4.69) is 21.2 Å². The standard InChI is InChI=1S/C23H25N5O6/c1-23(2,3)33-22(32)25-18(20(29)30)13-15-9-11-16(12-10-15)24-21(31)26-19-14-28(27-34-19)17-7-5-4-6-8-17/h4-12,14,18H,13H2,1-3H3,(H3-,24,25,26,27,29,30,31,32)/p+1/t18-/m0/s1. The van der Waals surface area contributed by atoms with Crippen LogP contribution in [-0.4, -0.2) is 40.1 Å². The number of alkyl carbamates (subject to hydrolysis) is 1. The zero-order valence-electron chi connectivity index (χ0n) is 18.9. The molecule has 3 amide bonds. The first-order chi connectivity index (χ1) is 16.1. The van der Waals surface area contributed by atoms with Gasteiger partial charge in [-0.25, -0.2) is 14.4 Å². The molecule has 1 atom stereocenters. The van der Waals surface area contributed by atoms with Gasteiger partial charge in [-0.3, -0.25) is 9.84 Å². The average Bonchev–Trinajstić information content (AvgIpc) is 3.22. The van der Waals surface area contributed by atoms with Crippen molar-refractivity contribution in [1.82, 2.24) is 10.6 Å². The van der Waals surface area contributed by atoms with Gasteiger partial charge in [-0.2, -0.15) is 0 Å². The number of nitrogens with one attached hydrogen (secondary N) is 3. The van der Waals surface area contributed by atoms with Gasteiger partial charge in [0.05, 0.1) is 0 Å². The molecule has 0 aliphatic carbocycles. The van der Waals surface area contributed by atoms with E-state index in [0.717, 1.165) is 5.69 Å². The number of carboxylic acids is 1. The number of nitrogens with zero attached hydrogens (tertiary/aromatic N) is 2. The molecule has 178 valence electrons. The molecule has 0 unspecified atom stereocenters. The Morgan fingerprint density at radius 2 is 1.74 bits per heavy atom. The number of aromatic nitrogens is 2. The molecule has 0 aliphatic heterocycles. The minimum absolute atomic E-state index is 0.0403. The van der Waals surface area contributed by atoms with Gasteiger partial charge in [-0.15, -0.1) is 0 Å². The molecule has 3 aromatic rings. The van der Waals surface area contributed by atoms with Crippen molar-refractivity contribution in [2.75, 3.05) is 10.6 Å². The Morgan fingerprint density at radius 3 is 2.35 bits per heavy atom. The molecular weight excluding hydrogens is 442 g/mol. The topological polar surface area (TPSA) is 147 Å². The van der Waals surface area contributed by atoms with E-state index in [1.54, 1.807) is 45.0 Å². The number of hydrogen-bond donors (Lipinski definition) is 4. The van der Waals surface area contributed by atoms with Crippen molar-refractivity contribution in [2.45, 2.75) is 38.8 Å². The van der Waals surface area contributed by atoms with Crippen molar-refractivity contribution >= 4 is 29.7 Å². The number of rotatable bonds is 7. The van der Waals surface area contributed by atoms with Crippen LogP contribution in [0.25, 0.3) is 5.69 Å². The SMILES string of the molecule is CC(C)(C)OC(=O)N[C@@H](Cc1ccc(NC(=O)Nc2c[n+](-c3ccccc3)no2)cc1)C(=O)O. The molecule has 0 aliphatic rings. The summed E-state index contributed by atoms with van der Waals surface area (Å²) >= 11 is 0. The van der Waals surface area contributed by atoms with Crippen LogP contribution in [0.15, 0.2) is 65.3 Å². The van der Waals surface area contributed by atoms with E-state index < -0.39 is 29.7 Å². The fraction of sp³-hybridized carbons (Fsp3) is 0.261. The second kappa shape index (κ2) is 10.5. The van der Waals surface area contributed by atoms with E-state index >= 15 is 0 Å². The first kappa shape index (κ1) is 24.2. The zero-order chi connectivity index (χ0) is 24.7. The number of hydrogen-bond acceptors (Lipinski definition) is 6. The van der Waals surface area contributed by atoms with Crippen LogP contribution in [0.5, 0.6) is 0 Å². The predicted octanol–water partition coefficient (Wildman–Crippen LogP) is 3.12. The van der Waals surface area contributed by atoms with E-state index in [0.29, 0.717) is 11.3 Å². The number of carboxylic acid groups (broad SMARTS) is 1. The summed E-state index contributed by atoms with van der Waals surface area (Å²) in [6.45, 7) is 5.06. The summed E-state index contributed by atoms with van der Waals surface area (Å²) in [7, 11) is 0. The second-order valence-electron chi connectivity index (χ2n) is 8.36. The van der Waals surface area contributed by atoms with Gasteiger partial charge in [0.1, 0.15) is 11.6 Å². The normalized spacial score (nSPS) is 11.9. The number of aliphatic carboxylic acids is 1. The summed E-state index contributed by atoms with van der Waals surface area (Å²) < 4.78 is 11.7. The summed E-state index contributed by atoms with van der Waals surface area (Å²) in [5.41, 5.74) is 1.16. The van der Waals surface area contributed by atoms with Crippen LogP contribution < -0.4 is 20.6 Å². The molecule has 1 aromatic heterocycles. The number of urea groups is 1. The van der Waals surface area contributed by atoms with Crippen molar-refractivity contribution < 1.29 is 33.4 Å². The molecule has 0 radical (unpaired) electrons. The molecule has 1 heterocycles. The highest BCUT2D eigenvalue weighted by Crippen LogP contribution is 2.13. The Hall–Kier alpha value is -4.41. The van der Waals surface area contributed by atoms with Crippen LogP contribution >= 0.6 is 0 Å². The maximum Gasteiger partial charge on any atom is 0.408 e. The van der Waals surface area contributed by atoms with Crippen LogP contribution in [0, 0.1) is 0 Å². The third-order valence-electron chi connectivity index (χ3n) is 4.36. The van der Waals surface area contributed by atoms with Crippen LogP contribution in [0.3, 0.4) is 0 Å². The Morgan fingerprint density at radius 1 is 1.06 bits per heavy atom. The number of carbonyl (C=O) groups is 3. The first-order valence-electron chi connectivity index (χ1n) is 10.4. The molecule has 11 heteroatoms. The summed E-state index contributed by atoms with van der Waals surface area (Å²) in [5.74, 6) is -1.04. The van der Waals surface area contributed by atoms with Crippen LogP contribution in [-0.2, 0) is 16.0 Å². The Labute approximate surface area is 195 Å². The highest BCUT2D eigenvalue weighted by molar-refractivity contribution is 5.98. The minimum Gasteiger partial charge on any atom is -0.480 e. The smallest absolute Gasteiger partial charge is 0.408 e. The minimum atomic E-state index is -1.19. The predicted molar refractivity (Wildman–Crippen MR) is 122 cm³/mol. The van der Waals surface area contributed by atoms with Gasteiger partial charge in [0.25, 0.3) is 6.20 Å². The molecule has 11 nitrogen and oxygen atoms in total. The maximum atomic E-state index is 12.3. The lowest BCUT2D eigenvalue weighted by molar-refractivity contribution is -0.670. The molecular formula is C23H26N5O6+. The fourth-order valence-corrected chi connectivity index (χ4v) is 2.89. The Bertz CT molecular complexity index is 1140. The molecule has 0 saturated heterocycles. The van der Waals surface area contributed by atoms with E-state index in [-0.39, 0.29) is 12.3 Å². The third kappa shape index (κ3) is 7.33. The number of benzene rings is 2. The van der Waals surface area contributed by atoms with Crippen molar-refractivity contribution in [3.8, 4) is 5.69 Å². The first-order valence-corrected chi connectivity index (χ1v) is 10.4. The van der Waals surface area contributed by atoms with Gasteiger partial charge in [-0.1, -0.05) is 30.3 Å². The van der Waals surface area contributed by atoms with Crippen LogP contribution in [0.4, 0.5) is 21.2 Å². The fourth-order valence-electron chi connectivity index (χ4n) is 2.89. The monoisotopic (exact) mass is 468 g/mol. The molecule has 3 rings (SSSR count). The van der Waals surface area contributed by atoms with Crippen molar-refractivity contribution in [3.63, 3.8) is 0 Å². The van der Waals surface area contributed by atoms with Crippen molar-refractivity contribution in [2.24, 2.45) is 0 Å². The molecule has 0 fully saturated rings. The quantitative estimate of drug-likeness (QED) is 0.390. The summed E-state index contributed by atoms with van der Waals surface area (Å²) in [6.07, 6.45) is 0.760. The largest absolute Gasteiger partial charge is 0.480 e. The van der Waals surface area contributed by atoms with Gasteiger partial charge in [0, 0.05) is 24.2 Å². The van der Waals surface area contributed by atoms with Crippen LogP contribution in [0.1, 0.15) is 26.3 Å². The number of anilines is 2. The van der Waals surface area contributed by atoms with Gasteiger partial charge >= 0.3 is 24.0 Å². The lowest BCUT2D eigenvalue weighted by Crippen LogP contribution is -2.44. The Balaban J connectivity index is 1.54. The van der Waals surface area contributed by atoms with Gasteiger partial charge in [-0.05, 0) is 43.1 Å². The van der Waals surface area contributed by atoms with E-state index in [9.17, 15) is 19.5 Å². The molecule has 0 saturated carbocycles. The van der Waals surface area contributed by atoms with Gasteiger partial charge in [0.15, 0.2) is 0 Å². The Kier molecular flexibility index (Phi) is 7.46. The highest BCUT2D eigenvalue weighted by Gasteiger charge is 2.24. The third-order valence-corrected chi connectivity index (χ3v) is 4.36. The van der Waals surface area contributed by atoms with E-state index in [1.165, 1.54) is 10.9 Å². The summed E-state index contributed by atoms with van der Waals surface area (Å²) in [6, 6.07) is 14.1. The number of amides is 3. The average molecular weight is 468 g/mol. The molecule has 0 spiro atoms. The molecule has 0 bridgehead atoms. The second-order valence-corrected chi connectivity index (χ2v) is 8.36. The maximum absolute atomic E-state index is 12.3. The summed E-state index contributed by atoms with van der Waals surface area (Å²) in [5, 5.41) is 20.8. The number of para-hydroxylation sites is 1. The van der Waals surface area contributed by atoms with Crippen molar-refractivity contribution in [3.05, 3.63) is 66.4 Å². The van der Waals surface area contributed by atoms with Crippen molar-refractivity contribution in [1.29, 1.82) is 0 Å². The zero-order valence-corrected chi connectivity index (χ0v) is 18.9. The summed E-state index contributed by atoms with van der Waals surface area (Å²) in [4.78, 5) is 35.7.